The standard InChI is InChI=1S/C21H32N6O4/c1-13(25-15(3)28)20(30)26-17(10-7-11-24-14(2)22)21(31)27-18(19(23)29)12-16-8-5-4-6-9-16/h4-6,8-9,13,17-18,24H,2,7,10-12,22H2,1,3H3,(H2,23,29)(H,25,28)(H,26,30)(H,27,31)/t13-,17-,18-/m0/s1. The molecule has 0 heterocycles. The number of hydrogen-bond acceptors (Lipinski definition) is 6. The Hall–Kier alpha value is -3.56. The minimum absolute atomic E-state index is 0.222. The first-order valence-electron chi connectivity index (χ1n) is 9.99. The fourth-order valence-electron chi connectivity index (χ4n) is 2.84. The zero-order chi connectivity index (χ0) is 23.4. The SMILES string of the molecule is C=C(N)NCCC[C@H](NC(=O)[C@H](C)NC(C)=O)C(=O)N[C@@H](Cc1ccccc1)C(N)=O. The fourth-order valence-corrected chi connectivity index (χ4v) is 2.84. The van der Waals surface area contributed by atoms with E-state index in [2.05, 4.69) is 27.8 Å². The average Bonchev–Trinajstić information content (AvgIpc) is 2.69. The molecule has 0 aliphatic carbocycles. The van der Waals surface area contributed by atoms with Crippen molar-refractivity contribution < 1.29 is 19.2 Å². The zero-order valence-corrected chi connectivity index (χ0v) is 17.9. The third kappa shape index (κ3) is 10.2. The number of benzene rings is 1. The molecule has 10 heteroatoms. The third-order valence-electron chi connectivity index (χ3n) is 4.41. The van der Waals surface area contributed by atoms with E-state index in [1.54, 1.807) is 0 Å². The van der Waals surface area contributed by atoms with Gasteiger partial charge in [-0.1, -0.05) is 36.9 Å². The van der Waals surface area contributed by atoms with Gasteiger partial charge in [0.1, 0.15) is 18.1 Å². The van der Waals surface area contributed by atoms with Crippen LogP contribution in [0.4, 0.5) is 0 Å². The van der Waals surface area contributed by atoms with Crippen LogP contribution in [0.5, 0.6) is 0 Å². The van der Waals surface area contributed by atoms with Crippen LogP contribution < -0.4 is 32.7 Å². The van der Waals surface area contributed by atoms with Crippen LogP contribution in [0.2, 0.25) is 0 Å². The van der Waals surface area contributed by atoms with Crippen molar-refractivity contribution in [2.24, 2.45) is 11.5 Å². The molecule has 0 saturated heterocycles. The Balaban J connectivity index is 2.85. The van der Waals surface area contributed by atoms with Crippen LogP contribution in [0.15, 0.2) is 42.7 Å². The summed E-state index contributed by atoms with van der Waals surface area (Å²) >= 11 is 0. The maximum Gasteiger partial charge on any atom is 0.243 e. The summed E-state index contributed by atoms with van der Waals surface area (Å²) in [7, 11) is 0. The van der Waals surface area contributed by atoms with Crippen LogP contribution >= 0.6 is 0 Å². The molecular formula is C21H32N6O4. The lowest BCUT2D eigenvalue weighted by Gasteiger charge is -2.23. The van der Waals surface area contributed by atoms with E-state index in [4.69, 9.17) is 11.5 Å². The van der Waals surface area contributed by atoms with Crippen molar-refractivity contribution in [2.45, 2.75) is 51.2 Å². The van der Waals surface area contributed by atoms with E-state index in [-0.39, 0.29) is 18.7 Å². The number of primary amides is 1. The maximum atomic E-state index is 12.9. The van der Waals surface area contributed by atoms with Gasteiger partial charge in [-0.05, 0) is 25.3 Å². The molecule has 0 spiro atoms. The van der Waals surface area contributed by atoms with Gasteiger partial charge < -0.3 is 32.7 Å². The molecule has 1 aromatic carbocycles. The van der Waals surface area contributed by atoms with Crippen LogP contribution in [0.1, 0.15) is 32.3 Å². The summed E-state index contributed by atoms with van der Waals surface area (Å²) in [5.74, 6) is -1.83. The lowest BCUT2D eigenvalue weighted by atomic mass is 10.0. The predicted octanol–water partition coefficient (Wildman–Crippen LogP) is -0.992. The Labute approximate surface area is 182 Å². The molecular weight excluding hydrogens is 400 g/mol. The van der Waals surface area contributed by atoms with E-state index < -0.39 is 35.8 Å². The van der Waals surface area contributed by atoms with Crippen molar-refractivity contribution >= 4 is 23.6 Å². The van der Waals surface area contributed by atoms with Gasteiger partial charge in [0.2, 0.25) is 23.6 Å². The Kier molecular flexibility index (Phi) is 10.6. The molecule has 0 aliphatic heterocycles. The van der Waals surface area contributed by atoms with E-state index in [9.17, 15) is 19.2 Å². The predicted molar refractivity (Wildman–Crippen MR) is 117 cm³/mol. The number of amides is 4. The highest BCUT2D eigenvalue weighted by Gasteiger charge is 2.27. The lowest BCUT2D eigenvalue weighted by Crippen LogP contribution is -2.56. The van der Waals surface area contributed by atoms with Gasteiger partial charge in [0.05, 0.1) is 5.82 Å². The topological polar surface area (TPSA) is 168 Å². The van der Waals surface area contributed by atoms with Crippen molar-refractivity contribution in [3.05, 3.63) is 48.3 Å². The molecule has 8 N–H and O–H groups in total. The quantitative estimate of drug-likeness (QED) is 0.219. The Bertz CT molecular complexity index is 783. The van der Waals surface area contributed by atoms with Gasteiger partial charge in [-0.15, -0.1) is 0 Å². The number of nitrogens with one attached hydrogen (secondary N) is 4. The van der Waals surface area contributed by atoms with E-state index >= 15 is 0 Å². The summed E-state index contributed by atoms with van der Waals surface area (Å²) in [4.78, 5) is 48.4. The molecule has 0 saturated carbocycles. The molecule has 4 amide bonds. The van der Waals surface area contributed by atoms with Crippen molar-refractivity contribution in [2.75, 3.05) is 6.54 Å². The summed E-state index contributed by atoms with van der Waals surface area (Å²) in [5, 5.41) is 10.5. The molecule has 3 atom stereocenters. The molecule has 0 fully saturated rings. The highest BCUT2D eigenvalue weighted by molar-refractivity contribution is 5.93. The van der Waals surface area contributed by atoms with Crippen molar-refractivity contribution in [1.82, 2.24) is 21.3 Å². The van der Waals surface area contributed by atoms with E-state index in [0.29, 0.717) is 18.8 Å². The normalized spacial score (nSPS) is 13.2. The minimum Gasteiger partial charge on any atom is -0.386 e. The molecule has 0 unspecified atom stereocenters. The van der Waals surface area contributed by atoms with Gasteiger partial charge in [-0.25, -0.2) is 0 Å². The fraction of sp³-hybridized carbons (Fsp3) is 0.429. The summed E-state index contributed by atoms with van der Waals surface area (Å²) in [6, 6.07) is 6.42. The Morgan fingerprint density at radius 3 is 2.13 bits per heavy atom. The second kappa shape index (κ2) is 12.9. The number of rotatable bonds is 13. The van der Waals surface area contributed by atoms with E-state index in [1.807, 2.05) is 30.3 Å². The van der Waals surface area contributed by atoms with Crippen LogP contribution in [-0.2, 0) is 25.6 Å². The highest BCUT2D eigenvalue weighted by atomic mass is 16.2. The second-order valence-electron chi connectivity index (χ2n) is 7.23. The maximum absolute atomic E-state index is 12.9. The molecule has 0 bridgehead atoms. The van der Waals surface area contributed by atoms with Gasteiger partial charge in [0.15, 0.2) is 0 Å². The largest absolute Gasteiger partial charge is 0.386 e. The summed E-state index contributed by atoms with van der Waals surface area (Å²) < 4.78 is 0. The van der Waals surface area contributed by atoms with Crippen LogP contribution in [0.3, 0.4) is 0 Å². The molecule has 0 radical (unpaired) electrons. The Morgan fingerprint density at radius 1 is 0.968 bits per heavy atom. The van der Waals surface area contributed by atoms with Gasteiger partial charge in [-0.3, -0.25) is 19.2 Å². The summed E-state index contributed by atoms with van der Waals surface area (Å²) in [6.45, 7) is 6.77. The minimum atomic E-state index is -0.941. The van der Waals surface area contributed by atoms with Gasteiger partial charge >= 0.3 is 0 Å². The molecule has 10 nitrogen and oxygen atoms in total. The summed E-state index contributed by atoms with van der Waals surface area (Å²) in [6.07, 6.45) is 0.976. The molecule has 0 aliphatic rings. The average molecular weight is 433 g/mol. The first kappa shape index (κ1) is 25.5. The smallest absolute Gasteiger partial charge is 0.243 e. The molecule has 170 valence electrons. The molecule has 0 aromatic heterocycles. The van der Waals surface area contributed by atoms with Crippen LogP contribution in [0.25, 0.3) is 0 Å². The van der Waals surface area contributed by atoms with E-state index in [0.717, 1.165) is 5.56 Å². The monoisotopic (exact) mass is 432 g/mol. The molecule has 1 rings (SSSR count). The van der Waals surface area contributed by atoms with Crippen molar-refractivity contribution in [3.63, 3.8) is 0 Å². The van der Waals surface area contributed by atoms with Crippen LogP contribution in [0, 0.1) is 0 Å². The Morgan fingerprint density at radius 2 is 1.58 bits per heavy atom. The van der Waals surface area contributed by atoms with Crippen molar-refractivity contribution in [3.8, 4) is 0 Å². The van der Waals surface area contributed by atoms with Crippen LogP contribution in [-0.4, -0.2) is 48.3 Å². The lowest BCUT2D eigenvalue weighted by molar-refractivity contribution is -0.133. The number of hydrogen-bond donors (Lipinski definition) is 6. The first-order valence-corrected chi connectivity index (χ1v) is 9.99. The third-order valence-corrected chi connectivity index (χ3v) is 4.41. The number of carbonyl (C=O) groups is 4. The van der Waals surface area contributed by atoms with Crippen molar-refractivity contribution in [1.29, 1.82) is 0 Å². The summed E-state index contributed by atoms with van der Waals surface area (Å²) in [5.41, 5.74) is 11.8. The number of carbonyl (C=O) groups excluding carboxylic acids is 4. The number of nitrogens with two attached hydrogens (primary N) is 2. The van der Waals surface area contributed by atoms with E-state index in [1.165, 1.54) is 13.8 Å². The van der Waals surface area contributed by atoms with Gasteiger partial charge in [0.25, 0.3) is 0 Å². The highest BCUT2D eigenvalue weighted by Crippen LogP contribution is 2.05. The molecule has 31 heavy (non-hydrogen) atoms. The second-order valence-corrected chi connectivity index (χ2v) is 7.23. The molecule has 1 aromatic rings. The zero-order valence-electron chi connectivity index (χ0n) is 17.9. The van der Waals surface area contributed by atoms with Gasteiger partial charge in [-0.2, -0.15) is 0 Å². The first-order chi connectivity index (χ1) is 14.6. The van der Waals surface area contributed by atoms with Gasteiger partial charge in [0, 0.05) is 19.9 Å².